The van der Waals surface area contributed by atoms with Crippen molar-refractivity contribution in [3.05, 3.63) is 96.9 Å². The molecule has 3 aromatic carbocycles. The van der Waals surface area contributed by atoms with Crippen molar-refractivity contribution in [2.24, 2.45) is 0 Å². The van der Waals surface area contributed by atoms with Gasteiger partial charge in [-0.3, -0.25) is 4.79 Å². The number of nitrogens with zero attached hydrogens (tertiary/aromatic N) is 2. The summed E-state index contributed by atoms with van der Waals surface area (Å²) in [6.45, 7) is 2.85. The summed E-state index contributed by atoms with van der Waals surface area (Å²) in [5.74, 6) is -0.0625. The molecular weight excluding hydrogens is 629 g/mol. The normalized spacial score (nSPS) is 11.8. The number of hydrogen-bond donors (Lipinski definition) is 1. The van der Waals surface area contributed by atoms with Crippen molar-refractivity contribution >= 4 is 55.0 Å². The van der Waals surface area contributed by atoms with Crippen LogP contribution in [0.1, 0.15) is 13.8 Å². The maximum atomic E-state index is 10.0. The van der Waals surface area contributed by atoms with Gasteiger partial charge in [0.05, 0.1) is 27.9 Å². The predicted molar refractivity (Wildman–Crippen MR) is 140 cm³/mol. The smallest absolute Gasteiger partial charge is 0.155 e. The van der Waals surface area contributed by atoms with Crippen LogP contribution in [0.25, 0.3) is 60.5 Å². The van der Waals surface area contributed by atoms with Gasteiger partial charge in [0.25, 0.3) is 0 Å². The first-order valence-corrected chi connectivity index (χ1v) is 11.3. The fraction of sp³-hybridized carbons (Fsp3) is 0.0667. The zero-order valence-corrected chi connectivity index (χ0v) is 22.0. The summed E-state index contributed by atoms with van der Waals surface area (Å²) in [6.07, 6.45) is 2.97. The number of ketones is 1. The van der Waals surface area contributed by atoms with Gasteiger partial charge < -0.3 is 18.9 Å². The van der Waals surface area contributed by atoms with E-state index < -0.39 is 0 Å². The second-order valence-corrected chi connectivity index (χ2v) is 8.54. The third kappa shape index (κ3) is 3.67. The van der Waals surface area contributed by atoms with Crippen LogP contribution >= 0.6 is 0 Å². The van der Waals surface area contributed by atoms with E-state index in [-0.39, 0.29) is 31.6 Å². The average Bonchev–Trinajstić information content (AvgIpc) is 3.50. The first-order chi connectivity index (χ1) is 17.0. The summed E-state index contributed by atoms with van der Waals surface area (Å²) in [5, 5.41) is 13.1. The van der Waals surface area contributed by atoms with Gasteiger partial charge in [-0.05, 0) is 43.1 Å². The van der Waals surface area contributed by atoms with Crippen molar-refractivity contribution < 1.29 is 34.4 Å². The van der Waals surface area contributed by atoms with E-state index in [2.05, 4.69) is 64.0 Å². The van der Waals surface area contributed by atoms with E-state index in [4.69, 9.17) is 9.52 Å². The Morgan fingerprint density at radius 1 is 0.889 bits per heavy atom. The molecule has 179 valence electrons. The molecule has 0 atom stereocenters. The molecule has 4 heterocycles. The van der Waals surface area contributed by atoms with Crippen molar-refractivity contribution in [2.75, 3.05) is 0 Å². The number of aliphatic hydroxyl groups is 1. The van der Waals surface area contributed by atoms with Crippen molar-refractivity contribution in [3.63, 3.8) is 0 Å². The third-order valence-electron chi connectivity index (χ3n) is 6.12. The first-order valence-electron chi connectivity index (χ1n) is 11.3. The van der Waals surface area contributed by atoms with Crippen molar-refractivity contribution in [1.82, 2.24) is 9.38 Å². The summed E-state index contributed by atoms with van der Waals surface area (Å²) in [6, 6.07) is 28.3. The monoisotopic (exact) mass is 650 g/mol. The molecule has 0 saturated carbocycles. The molecule has 0 amide bonds. The first kappa shape index (κ1) is 23.7. The second-order valence-electron chi connectivity index (χ2n) is 8.54. The minimum Gasteiger partial charge on any atom is -0.512 e. The van der Waals surface area contributed by atoms with E-state index in [0.29, 0.717) is 0 Å². The quantitative estimate of drug-likeness (QED) is 0.120. The predicted octanol–water partition coefficient (Wildman–Crippen LogP) is 7.48. The number of aliphatic hydroxyl groups excluding tert-OH is 1. The average molecular weight is 650 g/mol. The zero-order chi connectivity index (χ0) is 24.1. The molecule has 0 aliphatic carbocycles. The number of carbonyl (C=O) groups excluding carboxylic acids is 1. The number of para-hydroxylation sites is 2. The Balaban J connectivity index is 0.000000297. The van der Waals surface area contributed by atoms with E-state index in [1.165, 1.54) is 41.7 Å². The number of rotatable bonds is 2. The minimum atomic E-state index is -0.125. The molecule has 5 nitrogen and oxygen atoms in total. The van der Waals surface area contributed by atoms with Gasteiger partial charge in [-0.2, -0.15) is 0 Å². The molecule has 0 aliphatic heterocycles. The number of hydrogen-bond acceptors (Lipinski definition) is 4. The van der Waals surface area contributed by atoms with Crippen LogP contribution in [0.5, 0.6) is 0 Å². The standard InChI is InChI=1S/C25H13N2O.C5H8O2.Ir/c1-2-13-21-15(7-1)16-8-5-10-18-22(16)27(21)23-19-11-6-9-17(24(19)28-25(18)23)20-12-3-4-14-26-20;1-4(6)3-5(2)7;/h1-8,10-14H;3,6H,1-2H3;/q-1;;/b;4-3-;. The van der Waals surface area contributed by atoms with Crippen LogP contribution in [-0.2, 0) is 24.9 Å². The molecule has 0 fully saturated rings. The van der Waals surface area contributed by atoms with Crippen molar-refractivity contribution in [3.8, 4) is 11.3 Å². The van der Waals surface area contributed by atoms with Crippen molar-refractivity contribution in [2.45, 2.75) is 13.8 Å². The molecule has 0 saturated heterocycles. The zero-order valence-electron chi connectivity index (χ0n) is 19.6. The fourth-order valence-corrected chi connectivity index (χ4v) is 4.88. The Labute approximate surface area is 220 Å². The Hall–Kier alpha value is -3.99. The Bertz CT molecular complexity index is 1890. The summed E-state index contributed by atoms with van der Waals surface area (Å²) in [5.41, 5.74) is 7.09. The number of carbonyl (C=O) groups is 1. The van der Waals surface area contributed by atoms with Crippen LogP contribution in [0.3, 0.4) is 0 Å². The van der Waals surface area contributed by atoms with Gasteiger partial charge in [0.1, 0.15) is 5.58 Å². The molecule has 0 spiro atoms. The number of furan rings is 1. The second kappa shape index (κ2) is 9.23. The SMILES string of the molecule is CC(=O)/C=C(/C)O.[Ir].[c-]1ccc2c(oc3c4cccc5c6ccccc6n(c54)c23)c1-c1ccccn1. The molecule has 7 rings (SSSR count). The summed E-state index contributed by atoms with van der Waals surface area (Å²) >= 11 is 0. The van der Waals surface area contributed by atoms with E-state index >= 15 is 0 Å². The molecule has 4 aromatic heterocycles. The Kier molecular flexibility index (Phi) is 6.09. The van der Waals surface area contributed by atoms with Crippen LogP contribution in [-0.4, -0.2) is 20.3 Å². The summed E-state index contributed by atoms with van der Waals surface area (Å²) in [7, 11) is 0. The number of fused-ring (bicyclic) bond motifs is 8. The number of aromatic nitrogens is 2. The van der Waals surface area contributed by atoms with E-state index in [9.17, 15) is 4.79 Å². The van der Waals surface area contributed by atoms with Crippen LogP contribution < -0.4 is 0 Å². The minimum absolute atomic E-state index is 0. The molecule has 0 unspecified atom stereocenters. The van der Waals surface area contributed by atoms with E-state index in [1.807, 2.05) is 24.3 Å². The van der Waals surface area contributed by atoms with Gasteiger partial charge in [-0.25, -0.2) is 0 Å². The fourth-order valence-electron chi connectivity index (χ4n) is 4.88. The van der Waals surface area contributed by atoms with Gasteiger partial charge in [0.15, 0.2) is 5.78 Å². The largest absolute Gasteiger partial charge is 0.512 e. The topological polar surface area (TPSA) is 67.7 Å². The number of benzene rings is 3. The van der Waals surface area contributed by atoms with E-state index in [0.717, 1.165) is 38.7 Å². The van der Waals surface area contributed by atoms with Crippen LogP contribution in [0.4, 0.5) is 0 Å². The molecule has 7 aromatic rings. The molecule has 1 radical (unpaired) electrons. The molecule has 1 N–H and O–H groups in total. The Morgan fingerprint density at radius 3 is 2.33 bits per heavy atom. The van der Waals surface area contributed by atoms with Gasteiger partial charge >= 0.3 is 0 Å². The maximum absolute atomic E-state index is 10.0. The number of allylic oxidation sites excluding steroid dienone is 2. The van der Waals surface area contributed by atoms with Crippen LogP contribution in [0, 0.1) is 6.07 Å². The molecule has 0 aliphatic rings. The van der Waals surface area contributed by atoms with Gasteiger partial charge in [-0.15, -0.1) is 18.2 Å². The van der Waals surface area contributed by atoms with Gasteiger partial charge in [0, 0.05) is 48.5 Å². The van der Waals surface area contributed by atoms with Gasteiger partial charge in [0.2, 0.25) is 0 Å². The van der Waals surface area contributed by atoms with Crippen molar-refractivity contribution in [1.29, 1.82) is 0 Å². The van der Waals surface area contributed by atoms with Crippen LogP contribution in [0.15, 0.2) is 95.2 Å². The van der Waals surface area contributed by atoms with Crippen LogP contribution in [0.2, 0.25) is 0 Å². The Morgan fingerprint density at radius 2 is 1.61 bits per heavy atom. The summed E-state index contributed by atoms with van der Waals surface area (Å²) < 4.78 is 8.83. The third-order valence-corrected chi connectivity index (χ3v) is 6.12. The number of pyridine rings is 1. The molecule has 0 bridgehead atoms. The molecule has 6 heteroatoms. The van der Waals surface area contributed by atoms with E-state index in [1.54, 1.807) is 6.20 Å². The van der Waals surface area contributed by atoms with Gasteiger partial charge in [-0.1, -0.05) is 48.0 Å². The molecular formula is C30H21IrN2O3-. The molecule has 36 heavy (non-hydrogen) atoms. The maximum Gasteiger partial charge on any atom is 0.155 e. The summed E-state index contributed by atoms with van der Waals surface area (Å²) in [4.78, 5) is 14.5.